The highest BCUT2D eigenvalue weighted by atomic mass is 32.2. The first kappa shape index (κ1) is 18.9. The standard InChI is InChI=1S/C16H28N2O3S/c1-5-22(20,21)18-15-8-6-14(7-9-15)13(4)17-16(10-11-19)12(2)3/h6-9,12-13,16-19H,5,10-11H2,1-4H3. The van der Waals surface area contributed by atoms with Crippen LogP contribution in [0, 0.1) is 5.92 Å². The molecule has 22 heavy (non-hydrogen) atoms. The van der Waals surface area contributed by atoms with Crippen molar-refractivity contribution >= 4 is 15.7 Å². The van der Waals surface area contributed by atoms with Gasteiger partial charge in [-0.15, -0.1) is 0 Å². The number of nitrogens with one attached hydrogen (secondary N) is 2. The van der Waals surface area contributed by atoms with Gasteiger partial charge >= 0.3 is 0 Å². The number of hydrogen-bond acceptors (Lipinski definition) is 4. The molecule has 0 spiro atoms. The molecule has 2 unspecified atom stereocenters. The zero-order valence-electron chi connectivity index (χ0n) is 13.8. The summed E-state index contributed by atoms with van der Waals surface area (Å²) in [7, 11) is -3.24. The smallest absolute Gasteiger partial charge is 0.232 e. The van der Waals surface area contributed by atoms with Gasteiger partial charge in [-0.3, -0.25) is 4.72 Å². The molecule has 0 saturated carbocycles. The monoisotopic (exact) mass is 328 g/mol. The summed E-state index contributed by atoms with van der Waals surface area (Å²) in [4.78, 5) is 0. The Hall–Kier alpha value is -1.11. The molecule has 0 aliphatic carbocycles. The van der Waals surface area contributed by atoms with Crippen molar-refractivity contribution in [2.75, 3.05) is 17.1 Å². The Kier molecular flexibility index (Phi) is 7.32. The van der Waals surface area contributed by atoms with Crippen molar-refractivity contribution < 1.29 is 13.5 Å². The fourth-order valence-electron chi connectivity index (χ4n) is 2.26. The van der Waals surface area contributed by atoms with E-state index in [2.05, 4.69) is 30.8 Å². The van der Waals surface area contributed by atoms with E-state index in [-0.39, 0.29) is 24.4 Å². The fraction of sp³-hybridized carbons (Fsp3) is 0.625. The number of aliphatic hydroxyl groups is 1. The maximum atomic E-state index is 11.5. The van der Waals surface area contributed by atoms with Crippen molar-refractivity contribution in [3.8, 4) is 0 Å². The molecule has 0 bridgehead atoms. The van der Waals surface area contributed by atoms with E-state index in [4.69, 9.17) is 5.11 Å². The van der Waals surface area contributed by atoms with Gasteiger partial charge in [-0.25, -0.2) is 8.42 Å². The predicted molar refractivity (Wildman–Crippen MR) is 91.4 cm³/mol. The molecule has 0 aliphatic heterocycles. The van der Waals surface area contributed by atoms with Gasteiger partial charge in [0.25, 0.3) is 0 Å². The van der Waals surface area contributed by atoms with Crippen molar-refractivity contribution in [2.45, 2.75) is 46.2 Å². The molecule has 1 aromatic carbocycles. The van der Waals surface area contributed by atoms with Gasteiger partial charge in [0.1, 0.15) is 0 Å². The average Bonchev–Trinajstić information content (AvgIpc) is 2.47. The van der Waals surface area contributed by atoms with E-state index in [1.165, 1.54) is 0 Å². The molecule has 5 nitrogen and oxygen atoms in total. The Morgan fingerprint density at radius 2 is 1.73 bits per heavy atom. The molecule has 0 saturated heterocycles. The first-order valence-electron chi connectivity index (χ1n) is 7.76. The number of rotatable bonds is 9. The van der Waals surface area contributed by atoms with E-state index >= 15 is 0 Å². The van der Waals surface area contributed by atoms with Gasteiger partial charge in [0.15, 0.2) is 0 Å². The Morgan fingerprint density at radius 3 is 2.18 bits per heavy atom. The van der Waals surface area contributed by atoms with E-state index < -0.39 is 10.0 Å². The van der Waals surface area contributed by atoms with Gasteiger partial charge < -0.3 is 10.4 Å². The minimum absolute atomic E-state index is 0.0595. The second-order valence-electron chi connectivity index (χ2n) is 5.88. The van der Waals surface area contributed by atoms with E-state index in [0.717, 1.165) is 12.0 Å². The highest BCUT2D eigenvalue weighted by Gasteiger charge is 2.16. The van der Waals surface area contributed by atoms with Crippen LogP contribution in [0.4, 0.5) is 5.69 Å². The van der Waals surface area contributed by atoms with Crippen molar-refractivity contribution in [3.05, 3.63) is 29.8 Å². The highest BCUT2D eigenvalue weighted by molar-refractivity contribution is 7.92. The number of benzene rings is 1. The summed E-state index contributed by atoms with van der Waals surface area (Å²) >= 11 is 0. The minimum atomic E-state index is -3.24. The molecule has 0 heterocycles. The van der Waals surface area contributed by atoms with Crippen LogP contribution < -0.4 is 10.0 Å². The van der Waals surface area contributed by atoms with Gasteiger partial charge in [-0.2, -0.15) is 0 Å². The Bertz CT molecular complexity index is 541. The summed E-state index contributed by atoms with van der Waals surface area (Å²) in [5, 5.41) is 12.6. The van der Waals surface area contributed by atoms with Crippen LogP contribution in [-0.4, -0.2) is 31.9 Å². The van der Waals surface area contributed by atoms with Gasteiger partial charge in [0.2, 0.25) is 10.0 Å². The van der Waals surface area contributed by atoms with Gasteiger partial charge in [-0.1, -0.05) is 26.0 Å². The molecule has 0 radical (unpaired) electrons. The van der Waals surface area contributed by atoms with Crippen LogP contribution in [-0.2, 0) is 10.0 Å². The lowest BCUT2D eigenvalue weighted by Gasteiger charge is -2.26. The zero-order valence-corrected chi connectivity index (χ0v) is 14.7. The second kappa shape index (κ2) is 8.50. The first-order valence-corrected chi connectivity index (χ1v) is 9.41. The molecule has 0 fully saturated rings. The van der Waals surface area contributed by atoms with Crippen LogP contribution in [0.2, 0.25) is 0 Å². The number of anilines is 1. The van der Waals surface area contributed by atoms with Gasteiger partial charge in [0.05, 0.1) is 5.75 Å². The summed E-state index contributed by atoms with van der Waals surface area (Å²) in [6, 6.07) is 7.77. The molecule has 2 atom stereocenters. The van der Waals surface area contributed by atoms with Crippen molar-refractivity contribution in [1.82, 2.24) is 5.32 Å². The maximum absolute atomic E-state index is 11.5. The summed E-state index contributed by atoms with van der Waals surface area (Å²) in [5.74, 6) is 0.495. The number of hydrogen-bond donors (Lipinski definition) is 3. The van der Waals surface area contributed by atoms with E-state index in [0.29, 0.717) is 11.6 Å². The first-order chi connectivity index (χ1) is 10.3. The average molecular weight is 328 g/mol. The normalized spacial score (nSPS) is 14.8. The van der Waals surface area contributed by atoms with Crippen molar-refractivity contribution in [2.24, 2.45) is 5.92 Å². The molecule has 1 rings (SSSR count). The molecule has 6 heteroatoms. The molecule has 0 aliphatic rings. The fourth-order valence-corrected chi connectivity index (χ4v) is 2.90. The van der Waals surface area contributed by atoms with Crippen LogP contribution in [0.1, 0.15) is 45.7 Å². The molecule has 0 aromatic heterocycles. The number of aliphatic hydroxyl groups excluding tert-OH is 1. The molecule has 126 valence electrons. The third-order valence-electron chi connectivity index (χ3n) is 3.77. The second-order valence-corrected chi connectivity index (χ2v) is 7.89. The van der Waals surface area contributed by atoms with Crippen molar-refractivity contribution in [1.29, 1.82) is 0 Å². The summed E-state index contributed by atoms with van der Waals surface area (Å²) in [5.41, 5.74) is 1.66. The van der Waals surface area contributed by atoms with E-state index in [1.54, 1.807) is 19.1 Å². The molecular formula is C16H28N2O3S. The lowest BCUT2D eigenvalue weighted by molar-refractivity contribution is 0.237. The van der Waals surface area contributed by atoms with Gasteiger partial charge in [-0.05, 0) is 43.9 Å². The van der Waals surface area contributed by atoms with E-state index in [9.17, 15) is 8.42 Å². The van der Waals surface area contributed by atoms with Crippen LogP contribution in [0.3, 0.4) is 0 Å². The summed E-state index contributed by atoms with van der Waals surface area (Å²) < 4.78 is 25.6. The zero-order chi connectivity index (χ0) is 16.8. The third-order valence-corrected chi connectivity index (χ3v) is 5.08. The molecule has 3 N–H and O–H groups in total. The summed E-state index contributed by atoms with van der Waals surface area (Å²) in [6.45, 7) is 8.10. The van der Waals surface area contributed by atoms with Crippen molar-refractivity contribution in [3.63, 3.8) is 0 Å². The van der Waals surface area contributed by atoms with E-state index in [1.807, 2.05) is 12.1 Å². The van der Waals surface area contributed by atoms with Crippen LogP contribution in [0.25, 0.3) is 0 Å². The number of sulfonamides is 1. The predicted octanol–water partition coefficient (Wildman–Crippen LogP) is 2.51. The molecule has 1 aromatic rings. The third kappa shape index (κ3) is 5.94. The molecule has 0 amide bonds. The lowest BCUT2D eigenvalue weighted by atomic mass is 9.98. The van der Waals surface area contributed by atoms with Crippen LogP contribution in [0.5, 0.6) is 0 Å². The molecular weight excluding hydrogens is 300 g/mol. The van der Waals surface area contributed by atoms with Crippen LogP contribution >= 0.6 is 0 Å². The minimum Gasteiger partial charge on any atom is -0.396 e. The topological polar surface area (TPSA) is 78.4 Å². The highest BCUT2D eigenvalue weighted by Crippen LogP contribution is 2.19. The maximum Gasteiger partial charge on any atom is 0.232 e. The Morgan fingerprint density at radius 1 is 1.14 bits per heavy atom. The lowest BCUT2D eigenvalue weighted by Crippen LogP contribution is -2.36. The quantitative estimate of drug-likeness (QED) is 0.651. The SMILES string of the molecule is CCS(=O)(=O)Nc1ccc(C(C)NC(CCO)C(C)C)cc1. The van der Waals surface area contributed by atoms with Gasteiger partial charge in [0, 0.05) is 24.4 Å². The largest absolute Gasteiger partial charge is 0.396 e. The summed E-state index contributed by atoms with van der Waals surface area (Å²) in [6.07, 6.45) is 0.719. The Balaban J connectivity index is 2.73. The Labute approximate surface area is 134 Å². The van der Waals surface area contributed by atoms with Crippen LogP contribution in [0.15, 0.2) is 24.3 Å².